The molecule has 0 radical (unpaired) electrons. The number of phenols is 1. The van der Waals surface area contributed by atoms with E-state index in [0.717, 1.165) is 17.4 Å². The number of aryl methyl sites for hydroxylation is 1. The lowest BCUT2D eigenvalue weighted by Crippen LogP contribution is -2.22. The van der Waals surface area contributed by atoms with Crippen LogP contribution >= 0.6 is 0 Å². The van der Waals surface area contributed by atoms with Gasteiger partial charge in [-0.25, -0.2) is 0 Å². The molecule has 0 bridgehead atoms. The number of fused-ring (bicyclic) bond motifs is 1. The fourth-order valence-corrected chi connectivity index (χ4v) is 3.42. The number of rotatable bonds is 0. The third kappa shape index (κ3) is 3.76. The van der Waals surface area contributed by atoms with Gasteiger partial charge in [0.15, 0.2) is 0 Å². The molecule has 2 fully saturated rings. The smallest absolute Gasteiger partial charge is 0.118 e. The van der Waals surface area contributed by atoms with Gasteiger partial charge in [0.25, 0.3) is 0 Å². The van der Waals surface area contributed by atoms with Crippen LogP contribution in [0.2, 0.25) is 0 Å². The maximum Gasteiger partial charge on any atom is 0.118 e. The van der Waals surface area contributed by atoms with E-state index in [1.165, 1.54) is 25.7 Å². The summed E-state index contributed by atoms with van der Waals surface area (Å²) >= 11 is 0. The molecule has 2 saturated carbocycles. The molecule has 18 heavy (non-hydrogen) atoms. The summed E-state index contributed by atoms with van der Waals surface area (Å²) < 4.78 is 0. The monoisotopic (exact) mass is 246 g/mol. The molecule has 2 aliphatic rings. The zero-order valence-electron chi connectivity index (χ0n) is 11.6. The predicted molar refractivity (Wildman–Crippen MR) is 76.8 cm³/mol. The largest absolute Gasteiger partial charge is 0.508 e. The van der Waals surface area contributed by atoms with Crippen molar-refractivity contribution in [3.8, 4) is 5.75 Å². The second kappa shape index (κ2) is 6.82. The van der Waals surface area contributed by atoms with Gasteiger partial charge in [-0.2, -0.15) is 0 Å². The second-order valence-corrected chi connectivity index (χ2v) is 5.88. The molecule has 1 heteroatoms. The van der Waals surface area contributed by atoms with Gasteiger partial charge >= 0.3 is 0 Å². The first-order valence-electron chi connectivity index (χ1n) is 7.52. The van der Waals surface area contributed by atoms with E-state index in [0.29, 0.717) is 5.75 Å². The van der Waals surface area contributed by atoms with E-state index in [4.69, 9.17) is 5.11 Å². The second-order valence-electron chi connectivity index (χ2n) is 5.88. The van der Waals surface area contributed by atoms with Crippen molar-refractivity contribution < 1.29 is 5.11 Å². The molecule has 1 nitrogen and oxygen atoms in total. The van der Waals surface area contributed by atoms with Crippen molar-refractivity contribution in [2.45, 2.75) is 58.3 Å². The van der Waals surface area contributed by atoms with Crippen molar-refractivity contribution in [3.05, 3.63) is 29.8 Å². The lowest BCUT2D eigenvalue weighted by molar-refractivity contribution is 0.171. The van der Waals surface area contributed by atoms with Crippen LogP contribution < -0.4 is 0 Å². The van der Waals surface area contributed by atoms with E-state index in [1.807, 2.05) is 25.1 Å². The molecule has 1 aromatic rings. The van der Waals surface area contributed by atoms with Gasteiger partial charge < -0.3 is 5.11 Å². The molecule has 3 rings (SSSR count). The van der Waals surface area contributed by atoms with Crippen molar-refractivity contribution in [1.82, 2.24) is 0 Å². The first-order valence-corrected chi connectivity index (χ1v) is 7.52. The average Bonchev–Trinajstić information content (AvgIpc) is 2.43. The van der Waals surface area contributed by atoms with Gasteiger partial charge in [-0.3, -0.25) is 0 Å². The Kier molecular flexibility index (Phi) is 5.10. The molecule has 0 heterocycles. The quantitative estimate of drug-likeness (QED) is 0.677. The molecular weight excluding hydrogens is 220 g/mol. The summed E-state index contributed by atoms with van der Waals surface area (Å²) in [5, 5.41) is 8.92. The van der Waals surface area contributed by atoms with Crippen LogP contribution in [0.1, 0.15) is 56.9 Å². The molecule has 0 aromatic heterocycles. The van der Waals surface area contributed by atoms with Crippen LogP contribution in [0.5, 0.6) is 5.75 Å². The summed E-state index contributed by atoms with van der Waals surface area (Å²) in [5.41, 5.74) is 0.924. The van der Waals surface area contributed by atoms with Crippen molar-refractivity contribution >= 4 is 0 Å². The van der Waals surface area contributed by atoms with Crippen LogP contribution in [0.4, 0.5) is 0 Å². The zero-order chi connectivity index (χ0) is 12.8. The highest BCUT2D eigenvalue weighted by molar-refractivity contribution is 5.29. The Hall–Kier alpha value is -0.980. The molecule has 0 atom stereocenters. The van der Waals surface area contributed by atoms with Crippen LogP contribution in [0, 0.1) is 18.8 Å². The third-order valence-corrected chi connectivity index (χ3v) is 4.58. The van der Waals surface area contributed by atoms with E-state index < -0.39 is 0 Å². The third-order valence-electron chi connectivity index (χ3n) is 4.58. The van der Waals surface area contributed by atoms with Crippen LogP contribution in [0.15, 0.2) is 24.3 Å². The number of para-hydroxylation sites is 1. The van der Waals surface area contributed by atoms with Crippen LogP contribution in [-0.2, 0) is 0 Å². The molecule has 2 aliphatic carbocycles. The molecule has 0 saturated heterocycles. The van der Waals surface area contributed by atoms with Gasteiger partial charge in [-0.15, -0.1) is 0 Å². The molecule has 100 valence electrons. The minimum Gasteiger partial charge on any atom is -0.508 e. The van der Waals surface area contributed by atoms with Gasteiger partial charge in [0.05, 0.1) is 0 Å². The Bertz CT molecular complexity index is 311. The Morgan fingerprint density at radius 3 is 1.61 bits per heavy atom. The number of phenolic OH excluding ortho intramolecular Hbond substituents is 1. The van der Waals surface area contributed by atoms with E-state index in [2.05, 4.69) is 0 Å². The summed E-state index contributed by atoms with van der Waals surface area (Å²) in [4.78, 5) is 0. The van der Waals surface area contributed by atoms with Crippen LogP contribution in [0.3, 0.4) is 0 Å². The zero-order valence-corrected chi connectivity index (χ0v) is 11.6. The summed E-state index contributed by atoms with van der Waals surface area (Å²) in [5.74, 6) is 2.68. The molecule has 0 unspecified atom stereocenters. The van der Waals surface area contributed by atoms with Crippen molar-refractivity contribution in [1.29, 1.82) is 0 Å². The van der Waals surface area contributed by atoms with E-state index in [9.17, 15) is 0 Å². The minimum absolute atomic E-state index is 0.368. The van der Waals surface area contributed by atoms with Crippen molar-refractivity contribution in [2.75, 3.05) is 0 Å². The Morgan fingerprint density at radius 1 is 0.833 bits per heavy atom. The number of hydrogen-bond acceptors (Lipinski definition) is 1. The van der Waals surface area contributed by atoms with Gasteiger partial charge in [-0.05, 0) is 30.4 Å². The predicted octanol–water partition coefficient (Wildman–Crippen LogP) is 5.07. The minimum atomic E-state index is 0.368. The van der Waals surface area contributed by atoms with Crippen molar-refractivity contribution in [2.24, 2.45) is 11.8 Å². The summed E-state index contributed by atoms with van der Waals surface area (Å²) in [7, 11) is 0. The Balaban J connectivity index is 0.000000138. The van der Waals surface area contributed by atoms with Crippen LogP contribution in [0.25, 0.3) is 0 Å². The number of hydrogen-bond donors (Lipinski definition) is 1. The fourth-order valence-electron chi connectivity index (χ4n) is 3.42. The van der Waals surface area contributed by atoms with E-state index >= 15 is 0 Å². The highest BCUT2D eigenvalue weighted by Crippen LogP contribution is 2.39. The number of benzene rings is 1. The summed E-state index contributed by atoms with van der Waals surface area (Å²) in [6, 6.07) is 7.25. The van der Waals surface area contributed by atoms with Gasteiger partial charge in [0, 0.05) is 0 Å². The molecule has 0 amide bonds. The van der Waals surface area contributed by atoms with Gasteiger partial charge in [0.1, 0.15) is 5.75 Å². The maximum atomic E-state index is 8.92. The van der Waals surface area contributed by atoms with Gasteiger partial charge in [0.2, 0.25) is 0 Å². The summed E-state index contributed by atoms with van der Waals surface area (Å²) in [6.45, 7) is 1.87. The lowest BCUT2D eigenvalue weighted by Gasteiger charge is -2.35. The Morgan fingerprint density at radius 2 is 1.28 bits per heavy atom. The van der Waals surface area contributed by atoms with Crippen molar-refractivity contribution in [3.63, 3.8) is 0 Å². The topological polar surface area (TPSA) is 20.2 Å². The standard InChI is InChI=1S/C10H18.C7H8O/c1-2-6-10-8-4-3-7-9(10)5-1;1-6-4-2-3-5-7(6)8/h9-10H,1-8H2;2-5,8H,1H3. The van der Waals surface area contributed by atoms with Gasteiger partial charge in [-0.1, -0.05) is 69.6 Å². The highest BCUT2D eigenvalue weighted by Gasteiger charge is 2.26. The Labute approximate surface area is 111 Å². The lowest BCUT2D eigenvalue weighted by atomic mass is 9.71. The first kappa shape index (κ1) is 13.5. The fraction of sp³-hybridized carbons (Fsp3) is 0.647. The number of aromatic hydroxyl groups is 1. The highest BCUT2D eigenvalue weighted by atomic mass is 16.3. The normalized spacial score (nSPS) is 26.7. The van der Waals surface area contributed by atoms with Crippen LogP contribution in [-0.4, -0.2) is 5.11 Å². The van der Waals surface area contributed by atoms with E-state index in [-0.39, 0.29) is 0 Å². The molecule has 1 aromatic carbocycles. The SMILES string of the molecule is C1CCC2CCCCC2C1.Cc1ccccc1O. The molecule has 0 spiro atoms. The van der Waals surface area contributed by atoms with E-state index in [1.54, 1.807) is 31.7 Å². The molecule has 1 N–H and O–H groups in total. The molecule has 0 aliphatic heterocycles. The first-order chi connectivity index (χ1) is 8.77. The summed E-state index contributed by atoms with van der Waals surface area (Å²) in [6.07, 6.45) is 12.4. The molecular formula is C17H26O. The average molecular weight is 246 g/mol. The maximum absolute atomic E-state index is 8.92.